The van der Waals surface area contributed by atoms with Gasteiger partial charge in [0.25, 0.3) is 0 Å². The van der Waals surface area contributed by atoms with Gasteiger partial charge < -0.3 is 5.11 Å². The molecule has 0 saturated heterocycles. The first-order valence-electron chi connectivity index (χ1n) is 3.65. The molecule has 0 atom stereocenters. The number of benzene rings is 1. The standard InChI is InChI=1S/C8H6Br2N2O/c9-4-1-5(10)8-6(2-4)11-12-7(8)3-13/h1-2,13H,3H2,(H,11,12). The van der Waals surface area contributed by atoms with E-state index in [9.17, 15) is 0 Å². The Labute approximate surface area is 91.4 Å². The molecule has 2 aromatic rings. The zero-order chi connectivity index (χ0) is 9.42. The van der Waals surface area contributed by atoms with Crippen molar-refractivity contribution in [3.8, 4) is 0 Å². The number of aromatic amines is 1. The van der Waals surface area contributed by atoms with Gasteiger partial charge in [0.2, 0.25) is 0 Å². The Morgan fingerprint density at radius 3 is 2.85 bits per heavy atom. The lowest BCUT2D eigenvalue weighted by Gasteiger charge is -1.96. The van der Waals surface area contributed by atoms with Crippen LogP contribution in [0, 0.1) is 0 Å². The van der Waals surface area contributed by atoms with Gasteiger partial charge in [0.15, 0.2) is 0 Å². The smallest absolute Gasteiger partial charge is 0.0947 e. The number of halogens is 2. The average Bonchev–Trinajstić information content (AvgIpc) is 2.47. The van der Waals surface area contributed by atoms with Gasteiger partial charge in [-0.25, -0.2) is 0 Å². The highest BCUT2D eigenvalue weighted by Crippen LogP contribution is 2.29. The first kappa shape index (κ1) is 9.18. The number of hydrogen-bond acceptors (Lipinski definition) is 2. The SMILES string of the molecule is OCc1[nH]nc2cc(Br)cc(Br)c12. The summed E-state index contributed by atoms with van der Waals surface area (Å²) in [6.07, 6.45) is 0. The minimum Gasteiger partial charge on any atom is -0.390 e. The van der Waals surface area contributed by atoms with E-state index in [0.29, 0.717) is 0 Å². The molecule has 5 heteroatoms. The molecule has 1 heterocycles. The molecule has 13 heavy (non-hydrogen) atoms. The van der Waals surface area contributed by atoms with Crippen molar-refractivity contribution in [3.63, 3.8) is 0 Å². The maximum Gasteiger partial charge on any atom is 0.0947 e. The highest BCUT2D eigenvalue weighted by molar-refractivity contribution is 9.11. The van der Waals surface area contributed by atoms with Crippen molar-refractivity contribution in [1.82, 2.24) is 10.2 Å². The minimum atomic E-state index is -0.0310. The van der Waals surface area contributed by atoms with E-state index in [1.54, 1.807) is 0 Å². The molecule has 2 N–H and O–H groups in total. The van der Waals surface area contributed by atoms with Gasteiger partial charge in [0.1, 0.15) is 0 Å². The summed E-state index contributed by atoms with van der Waals surface area (Å²) in [7, 11) is 0. The van der Waals surface area contributed by atoms with Crippen molar-refractivity contribution < 1.29 is 5.11 Å². The van der Waals surface area contributed by atoms with Crippen LogP contribution in [-0.4, -0.2) is 15.3 Å². The Bertz CT molecular complexity index is 453. The zero-order valence-electron chi connectivity index (χ0n) is 6.51. The van der Waals surface area contributed by atoms with Crippen LogP contribution in [0.2, 0.25) is 0 Å². The summed E-state index contributed by atoms with van der Waals surface area (Å²) in [6, 6.07) is 3.83. The van der Waals surface area contributed by atoms with Gasteiger partial charge in [-0.3, -0.25) is 5.10 Å². The third-order valence-electron chi connectivity index (χ3n) is 1.81. The number of hydrogen-bond donors (Lipinski definition) is 2. The molecule has 0 spiro atoms. The maximum absolute atomic E-state index is 9.01. The minimum absolute atomic E-state index is 0.0310. The number of aliphatic hydroxyl groups excluding tert-OH is 1. The number of nitrogens with zero attached hydrogens (tertiary/aromatic N) is 1. The van der Waals surface area contributed by atoms with Gasteiger partial charge in [-0.15, -0.1) is 0 Å². The topological polar surface area (TPSA) is 48.9 Å². The van der Waals surface area contributed by atoms with Crippen molar-refractivity contribution in [2.75, 3.05) is 0 Å². The van der Waals surface area contributed by atoms with Crippen molar-refractivity contribution >= 4 is 42.8 Å². The molecule has 0 radical (unpaired) electrons. The lowest BCUT2D eigenvalue weighted by atomic mass is 10.2. The normalized spacial score (nSPS) is 11.0. The third-order valence-corrected chi connectivity index (χ3v) is 2.89. The lowest BCUT2D eigenvalue weighted by Crippen LogP contribution is -1.83. The Morgan fingerprint density at radius 2 is 2.15 bits per heavy atom. The first-order chi connectivity index (χ1) is 6.22. The third kappa shape index (κ3) is 1.51. The molecule has 1 aromatic carbocycles. The van der Waals surface area contributed by atoms with Gasteiger partial charge in [0.05, 0.1) is 17.8 Å². The van der Waals surface area contributed by atoms with Crippen LogP contribution in [0.5, 0.6) is 0 Å². The summed E-state index contributed by atoms with van der Waals surface area (Å²) in [5.41, 5.74) is 1.57. The fraction of sp³-hybridized carbons (Fsp3) is 0.125. The van der Waals surface area contributed by atoms with Gasteiger partial charge in [0, 0.05) is 14.3 Å². The van der Waals surface area contributed by atoms with Gasteiger partial charge in [-0.05, 0) is 28.1 Å². The quantitative estimate of drug-likeness (QED) is 0.851. The lowest BCUT2D eigenvalue weighted by molar-refractivity contribution is 0.278. The molecule has 3 nitrogen and oxygen atoms in total. The molecule has 0 amide bonds. The number of aliphatic hydroxyl groups is 1. The number of aromatic nitrogens is 2. The average molecular weight is 306 g/mol. The van der Waals surface area contributed by atoms with Crippen LogP contribution in [0.25, 0.3) is 10.9 Å². The second-order valence-corrected chi connectivity index (χ2v) is 4.41. The summed E-state index contributed by atoms with van der Waals surface area (Å²) in [4.78, 5) is 0. The van der Waals surface area contributed by atoms with Crippen LogP contribution < -0.4 is 0 Å². The van der Waals surface area contributed by atoms with Crippen LogP contribution in [0.3, 0.4) is 0 Å². The summed E-state index contributed by atoms with van der Waals surface area (Å²) in [6.45, 7) is -0.0310. The van der Waals surface area contributed by atoms with E-state index in [-0.39, 0.29) is 6.61 Å². The van der Waals surface area contributed by atoms with Crippen molar-refractivity contribution in [2.45, 2.75) is 6.61 Å². The second kappa shape index (κ2) is 3.40. The monoisotopic (exact) mass is 304 g/mol. The van der Waals surface area contributed by atoms with Gasteiger partial charge in [-0.2, -0.15) is 5.10 Å². The molecule has 0 fully saturated rings. The van der Waals surface area contributed by atoms with Crippen molar-refractivity contribution in [2.24, 2.45) is 0 Å². The van der Waals surface area contributed by atoms with E-state index in [0.717, 1.165) is 25.5 Å². The van der Waals surface area contributed by atoms with E-state index in [1.807, 2.05) is 12.1 Å². The van der Waals surface area contributed by atoms with Crippen LogP contribution in [0.1, 0.15) is 5.69 Å². The predicted octanol–water partition coefficient (Wildman–Crippen LogP) is 2.58. The van der Waals surface area contributed by atoms with E-state index < -0.39 is 0 Å². The number of fused-ring (bicyclic) bond motifs is 1. The Kier molecular flexibility index (Phi) is 2.40. The van der Waals surface area contributed by atoms with Gasteiger partial charge in [-0.1, -0.05) is 15.9 Å². The number of rotatable bonds is 1. The van der Waals surface area contributed by atoms with Crippen LogP contribution in [0.15, 0.2) is 21.1 Å². The summed E-state index contributed by atoms with van der Waals surface area (Å²) in [5.74, 6) is 0. The molecule has 2 rings (SSSR count). The van der Waals surface area contributed by atoms with Crippen LogP contribution >= 0.6 is 31.9 Å². The van der Waals surface area contributed by atoms with Crippen LogP contribution in [-0.2, 0) is 6.61 Å². The molecule has 0 aliphatic rings. The Hall–Kier alpha value is -0.390. The molecular formula is C8H6Br2N2O. The van der Waals surface area contributed by atoms with Crippen molar-refractivity contribution in [3.05, 3.63) is 26.8 Å². The summed E-state index contributed by atoms with van der Waals surface area (Å²) >= 11 is 6.79. The molecule has 0 aliphatic carbocycles. The zero-order valence-corrected chi connectivity index (χ0v) is 9.68. The highest BCUT2D eigenvalue weighted by atomic mass is 79.9. The molecule has 0 saturated carbocycles. The summed E-state index contributed by atoms with van der Waals surface area (Å²) in [5, 5.41) is 16.8. The van der Waals surface area contributed by atoms with E-state index in [1.165, 1.54) is 0 Å². The molecule has 1 aromatic heterocycles. The van der Waals surface area contributed by atoms with E-state index >= 15 is 0 Å². The molecule has 0 aliphatic heterocycles. The fourth-order valence-electron chi connectivity index (χ4n) is 1.24. The maximum atomic E-state index is 9.01. The highest BCUT2D eigenvalue weighted by Gasteiger charge is 2.08. The molecular weight excluding hydrogens is 300 g/mol. The Morgan fingerprint density at radius 1 is 1.38 bits per heavy atom. The molecule has 0 bridgehead atoms. The second-order valence-electron chi connectivity index (χ2n) is 2.64. The molecule has 0 unspecified atom stereocenters. The number of H-pyrrole nitrogens is 1. The van der Waals surface area contributed by atoms with Crippen molar-refractivity contribution in [1.29, 1.82) is 0 Å². The predicted molar refractivity (Wildman–Crippen MR) is 57.4 cm³/mol. The first-order valence-corrected chi connectivity index (χ1v) is 5.24. The fourth-order valence-corrected chi connectivity index (χ4v) is 2.69. The van der Waals surface area contributed by atoms with E-state index in [2.05, 4.69) is 42.1 Å². The largest absolute Gasteiger partial charge is 0.390 e. The Balaban J connectivity index is 2.82. The van der Waals surface area contributed by atoms with Crippen LogP contribution in [0.4, 0.5) is 0 Å². The molecule has 68 valence electrons. The summed E-state index contributed by atoms with van der Waals surface area (Å²) < 4.78 is 1.89. The van der Waals surface area contributed by atoms with Gasteiger partial charge >= 0.3 is 0 Å². The van der Waals surface area contributed by atoms with E-state index in [4.69, 9.17) is 5.11 Å². The number of nitrogens with one attached hydrogen (secondary N) is 1.